The van der Waals surface area contributed by atoms with Gasteiger partial charge in [-0.1, -0.05) is 50.0 Å². The summed E-state index contributed by atoms with van der Waals surface area (Å²) in [7, 11) is 0. The van der Waals surface area contributed by atoms with Crippen molar-refractivity contribution in [2.75, 3.05) is 17.2 Å². The van der Waals surface area contributed by atoms with Crippen LogP contribution in [0.2, 0.25) is 10.0 Å². The number of nitrogens with zero attached hydrogens (tertiary/aromatic N) is 3. The molecule has 1 fully saturated rings. The van der Waals surface area contributed by atoms with Crippen LogP contribution < -0.4 is 21.6 Å². The number of nitriles is 1. The maximum atomic E-state index is 13.9. The Morgan fingerprint density at radius 3 is 2.73 bits per heavy atom. The van der Waals surface area contributed by atoms with E-state index in [2.05, 4.69) is 53.4 Å². The van der Waals surface area contributed by atoms with Crippen molar-refractivity contribution < 1.29 is 5.76 Å². The van der Waals surface area contributed by atoms with Gasteiger partial charge < -0.3 is 16.1 Å². The van der Waals surface area contributed by atoms with Gasteiger partial charge in [-0.05, 0) is 48.1 Å². The van der Waals surface area contributed by atoms with Crippen LogP contribution in [-0.4, -0.2) is 22.6 Å². The summed E-state index contributed by atoms with van der Waals surface area (Å²) >= 11 is 13.2. The maximum absolute atomic E-state index is 13.9. The summed E-state index contributed by atoms with van der Waals surface area (Å²) in [6.45, 7) is 6.90. The molecule has 192 valence electrons. The Kier molecular flexibility index (Phi) is 6.45. The molecule has 1 aliphatic heterocycles. The van der Waals surface area contributed by atoms with Gasteiger partial charge in [0.2, 0.25) is 0 Å². The minimum atomic E-state index is -1.64. The molecule has 1 aliphatic carbocycles. The molecule has 1 aromatic heterocycles. The third-order valence-corrected chi connectivity index (χ3v) is 6.71. The summed E-state index contributed by atoms with van der Waals surface area (Å²) in [6, 6.07) is 8.35. The summed E-state index contributed by atoms with van der Waals surface area (Å²) in [5.74, 6) is -0.495. The lowest BCUT2D eigenvalue weighted by Gasteiger charge is -2.24. The molecule has 0 amide bonds. The van der Waals surface area contributed by atoms with E-state index in [1.807, 2.05) is 17.3 Å². The second-order valence-electron chi connectivity index (χ2n) is 10.5. The number of anilines is 2. The standard InChI is InChI=1S/C27H28Cl2FN7/c1-27(2,3)14-33-24-15(11-31)12-32-25-20(24)9-17(10-22(25)29)34-26(19-7-4-16(30)8-21(19)28)23-13-37(36-35-23)18-5-6-18/h4,7-10,12-13,18,26,34-36H,5-6,14H2,1-3H3,(H,32,33)/t26-/m1/s1/i26D. The van der Waals surface area contributed by atoms with Crippen molar-refractivity contribution in [3.8, 4) is 6.07 Å². The van der Waals surface area contributed by atoms with Crippen LogP contribution in [0.1, 0.15) is 52.1 Å². The number of benzene rings is 2. The molecular formula is C27H28Cl2FN7. The summed E-state index contributed by atoms with van der Waals surface area (Å²) in [5, 5.41) is 19.4. The number of hydrogen-bond acceptors (Lipinski definition) is 7. The molecule has 0 spiro atoms. The van der Waals surface area contributed by atoms with Gasteiger partial charge in [-0.25, -0.2) is 4.39 Å². The molecule has 1 saturated carbocycles. The molecular weight excluding hydrogens is 512 g/mol. The second kappa shape index (κ2) is 9.90. The van der Waals surface area contributed by atoms with Gasteiger partial charge >= 0.3 is 0 Å². The molecule has 37 heavy (non-hydrogen) atoms. The molecule has 2 aromatic carbocycles. The monoisotopic (exact) mass is 540 g/mol. The van der Waals surface area contributed by atoms with E-state index in [-0.39, 0.29) is 10.4 Å². The van der Waals surface area contributed by atoms with Crippen LogP contribution in [0.3, 0.4) is 0 Å². The highest BCUT2D eigenvalue weighted by molar-refractivity contribution is 6.36. The third kappa shape index (κ3) is 5.54. The quantitative estimate of drug-likeness (QED) is 0.272. The van der Waals surface area contributed by atoms with E-state index in [0.717, 1.165) is 12.8 Å². The summed E-state index contributed by atoms with van der Waals surface area (Å²) in [4.78, 5) is 4.42. The van der Waals surface area contributed by atoms with E-state index in [0.29, 0.717) is 56.7 Å². The fraction of sp³-hybridized carbons (Fsp3) is 0.333. The van der Waals surface area contributed by atoms with E-state index in [4.69, 9.17) is 23.2 Å². The Morgan fingerprint density at radius 2 is 2.05 bits per heavy atom. The van der Waals surface area contributed by atoms with Gasteiger partial charge in [0.25, 0.3) is 0 Å². The summed E-state index contributed by atoms with van der Waals surface area (Å²) < 4.78 is 23.5. The number of hydrogen-bond donors (Lipinski definition) is 4. The fourth-order valence-electron chi connectivity index (χ4n) is 4.08. The van der Waals surface area contributed by atoms with Crippen molar-refractivity contribution in [3.05, 3.63) is 75.4 Å². The molecule has 2 aliphatic rings. The van der Waals surface area contributed by atoms with Gasteiger partial charge in [0.05, 0.1) is 34.9 Å². The van der Waals surface area contributed by atoms with Crippen LogP contribution in [-0.2, 0) is 0 Å². The Balaban J connectivity index is 1.62. The number of fused-ring (bicyclic) bond motifs is 1. The summed E-state index contributed by atoms with van der Waals surface area (Å²) in [6.07, 6.45) is 5.43. The molecule has 2 heterocycles. The zero-order chi connectivity index (χ0) is 27.2. The van der Waals surface area contributed by atoms with Crippen LogP contribution in [0, 0.1) is 22.6 Å². The number of pyridine rings is 1. The van der Waals surface area contributed by atoms with Crippen LogP contribution in [0.15, 0.2) is 48.4 Å². The Morgan fingerprint density at radius 1 is 1.27 bits per heavy atom. The molecule has 0 unspecified atom stereocenters. The third-order valence-electron chi connectivity index (χ3n) is 6.11. The van der Waals surface area contributed by atoms with Crippen molar-refractivity contribution in [2.24, 2.45) is 5.41 Å². The van der Waals surface area contributed by atoms with Crippen LogP contribution in [0.4, 0.5) is 15.8 Å². The van der Waals surface area contributed by atoms with E-state index in [9.17, 15) is 11.0 Å². The zero-order valence-corrected chi connectivity index (χ0v) is 22.2. The zero-order valence-electron chi connectivity index (χ0n) is 21.7. The first kappa shape index (κ1) is 24.1. The molecule has 7 nitrogen and oxygen atoms in total. The molecule has 0 saturated heterocycles. The fourth-order valence-corrected chi connectivity index (χ4v) is 4.61. The Bertz CT molecular complexity index is 1480. The van der Waals surface area contributed by atoms with Gasteiger partial charge in [0.1, 0.15) is 11.9 Å². The highest BCUT2D eigenvalue weighted by atomic mass is 35.5. The van der Waals surface area contributed by atoms with Gasteiger partial charge in [-0.15, -0.1) is 5.53 Å². The molecule has 0 radical (unpaired) electrons. The van der Waals surface area contributed by atoms with E-state index in [1.165, 1.54) is 24.4 Å². The van der Waals surface area contributed by atoms with E-state index < -0.39 is 11.8 Å². The van der Waals surface area contributed by atoms with Crippen molar-refractivity contribution in [3.63, 3.8) is 0 Å². The lowest BCUT2D eigenvalue weighted by atomic mass is 9.96. The molecule has 0 bridgehead atoms. The summed E-state index contributed by atoms with van der Waals surface area (Å²) in [5.41, 5.74) is 8.99. The van der Waals surface area contributed by atoms with Gasteiger partial charge in [-0.3, -0.25) is 9.99 Å². The molecule has 4 N–H and O–H groups in total. The highest BCUT2D eigenvalue weighted by Gasteiger charge is 2.33. The molecule has 5 rings (SSSR count). The minimum absolute atomic E-state index is 0.0430. The number of aromatic nitrogens is 1. The minimum Gasteiger partial charge on any atom is -0.383 e. The van der Waals surface area contributed by atoms with Crippen LogP contribution in [0.25, 0.3) is 10.9 Å². The Labute approximate surface area is 227 Å². The largest absolute Gasteiger partial charge is 0.383 e. The van der Waals surface area contributed by atoms with Crippen molar-refractivity contribution in [2.45, 2.75) is 45.7 Å². The van der Waals surface area contributed by atoms with Crippen LogP contribution in [0.5, 0.6) is 0 Å². The lowest BCUT2D eigenvalue weighted by molar-refractivity contribution is 0.260. The lowest BCUT2D eigenvalue weighted by Crippen LogP contribution is -2.38. The van der Waals surface area contributed by atoms with Gasteiger partial charge in [-0.2, -0.15) is 5.26 Å². The molecule has 1 atom stereocenters. The number of halogens is 3. The predicted octanol–water partition coefficient (Wildman–Crippen LogP) is 6.49. The predicted molar refractivity (Wildman–Crippen MR) is 146 cm³/mol. The first-order valence-electron chi connectivity index (χ1n) is 12.5. The average Bonchev–Trinajstić information content (AvgIpc) is 3.57. The van der Waals surface area contributed by atoms with Gasteiger partial charge in [0, 0.05) is 41.1 Å². The first-order valence-corrected chi connectivity index (χ1v) is 12.8. The number of nitrogens with one attached hydrogen (secondary N) is 4. The van der Waals surface area contributed by atoms with Crippen molar-refractivity contribution in [1.29, 1.82) is 5.26 Å². The average molecular weight is 541 g/mol. The SMILES string of the molecule is [2H][C@](Nc1cc(Cl)c2ncc(C#N)c(NCC(C)(C)C)c2c1)(C1=CN(C2CC2)NN1)c1ccc(F)cc1Cl. The maximum Gasteiger partial charge on any atom is 0.124 e. The topological polar surface area (TPSA) is 88.0 Å². The molecule has 3 aromatic rings. The van der Waals surface area contributed by atoms with Crippen molar-refractivity contribution in [1.82, 2.24) is 21.0 Å². The van der Waals surface area contributed by atoms with Crippen molar-refractivity contribution >= 4 is 45.5 Å². The number of rotatable bonds is 7. The Hall–Kier alpha value is -3.25. The first-order chi connectivity index (χ1) is 18.0. The highest BCUT2D eigenvalue weighted by Crippen LogP contribution is 2.38. The second-order valence-corrected chi connectivity index (χ2v) is 11.3. The van der Waals surface area contributed by atoms with Gasteiger partial charge in [0.15, 0.2) is 0 Å². The van der Waals surface area contributed by atoms with E-state index >= 15 is 0 Å². The van der Waals surface area contributed by atoms with Crippen LogP contribution >= 0.6 is 23.2 Å². The normalized spacial score (nSPS) is 17.5. The smallest absolute Gasteiger partial charge is 0.124 e. The molecule has 10 heteroatoms. The van der Waals surface area contributed by atoms with E-state index in [1.54, 1.807) is 6.07 Å². The number of hydrazine groups is 2.